The first-order valence-corrected chi connectivity index (χ1v) is 13.3. The Kier molecular flexibility index (Phi) is 7.74. The summed E-state index contributed by atoms with van der Waals surface area (Å²) in [6, 6.07) is -2.74. The zero-order valence-corrected chi connectivity index (χ0v) is 23.5. The Morgan fingerprint density at radius 1 is 1.03 bits per heavy atom. The standard InChI is InChI=1S/C27H44N4O6/c1-14(2)27-12-16(27)18(22(34)29-17(11-15-9-10-15)19(32)21(28)33)31(13-27)23(35)20(25(3,4)5)30-24(36)37-26(6,7)8/h14-18,20H,9-13H2,1-8H3,(H2,28,33)(H,29,34)(H,30,36)/t16-,17?,18+,20-,27?/m1/s1. The number of rotatable bonds is 9. The van der Waals surface area contributed by atoms with Crippen molar-refractivity contribution < 1.29 is 28.7 Å². The molecule has 1 aliphatic heterocycles. The van der Waals surface area contributed by atoms with Crippen molar-refractivity contribution in [2.24, 2.45) is 34.3 Å². The van der Waals surface area contributed by atoms with Crippen LogP contribution in [0.4, 0.5) is 4.79 Å². The van der Waals surface area contributed by atoms with Crippen molar-refractivity contribution in [3.05, 3.63) is 0 Å². The number of primary amides is 1. The second kappa shape index (κ2) is 9.91. The van der Waals surface area contributed by atoms with E-state index in [0.717, 1.165) is 19.3 Å². The number of carbonyl (C=O) groups excluding carboxylic acids is 5. The van der Waals surface area contributed by atoms with Gasteiger partial charge in [-0.25, -0.2) is 4.79 Å². The molecule has 1 saturated heterocycles. The first-order valence-electron chi connectivity index (χ1n) is 13.3. The minimum Gasteiger partial charge on any atom is -0.444 e. The van der Waals surface area contributed by atoms with Gasteiger partial charge in [-0.3, -0.25) is 19.2 Å². The molecule has 10 heteroatoms. The first kappa shape index (κ1) is 28.9. The van der Waals surface area contributed by atoms with Crippen LogP contribution in [-0.2, 0) is 23.9 Å². The van der Waals surface area contributed by atoms with Crippen molar-refractivity contribution in [3.8, 4) is 0 Å². The fraction of sp³-hybridized carbons (Fsp3) is 0.815. The second-order valence-corrected chi connectivity index (χ2v) is 13.5. The topological polar surface area (TPSA) is 148 Å². The monoisotopic (exact) mass is 520 g/mol. The highest BCUT2D eigenvalue weighted by molar-refractivity contribution is 6.37. The van der Waals surface area contributed by atoms with E-state index < -0.39 is 52.8 Å². The number of fused-ring (bicyclic) bond motifs is 1. The lowest BCUT2D eigenvalue weighted by Crippen LogP contribution is -2.60. The van der Waals surface area contributed by atoms with Gasteiger partial charge in [-0.2, -0.15) is 0 Å². The number of Topliss-reactive ketones (excluding diaryl/α,β-unsaturated/α-hetero) is 1. The number of hydrogen-bond donors (Lipinski definition) is 3. The number of ketones is 1. The average Bonchev–Trinajstić information content (AvgIpc) is 3.66. The molecule has 1 heterocycles. The fourth-order valence-corrected chi connectivity index (χ4v) is 5.56. The van der Waals surface area contributed by atoms with Gasteiger partial charge < -0.3 is 26.0 Å². The van der Waals surface area contributed by atoms with Crippen LogP contribution in [0, 0.1) is 28.6 Å². The van der Waals surface area contributed by atoms with E-state index in [0.29, 0.717) is 13.0 Å². The molecule has 3 fully saturated rings. The number of alkyl carbamates (subject to hydrolysis) is 1. The molecule has 3 rings (SSSR count). The number of nitrogens with one attached hydrogen (secondary N) is 2. The smallest absolute Gasteiger partial charge is 0.408 e. The highest BCUT2D eigenvalue weighted by atomic mass is 16.6. The Bertz CT molecular complexity index is 961. The van der Waals surface area contributed by atoms with E-state index in [2.05, 4.69) is 24.5 Å². The number of nitrogens with zero attached hydrogens (tertiary/aromatic N) is 1. The summed E-state index contributed by atoms with van der Waals surface area (Å²) in [4.78, 5) is 65.9. The van der Waals surface area contributed by atoms with Crippen LogP contribution in [0.15, 0.2) is 0 Å². The normalized spacial score (nSPS) is 26.7. The van der Waals surface area contributed by atoms with Crippen LogP contribution < -0.4 is 16.4 Å². The Hall–Kier alpha value is -2.65. The molecule has 0 spiro atoms. The maximum atomic E-state index is 14.0. The number of likely N-dealkylation sites (tertiary alicyclic amines) is 1. The largest absolute Gasteiger partial charge is 0.444 e. The Morgan fingerprint density at radius 3 is 2.08 bits per heavy atom. The average molecular weight is 521 g/mol. The Labute approximate surface area is 219 Å². The second-order valence-electron chi connectivity index (χ2n) is 13.5. The van der Waals surface area contributed by atoms with Crippen LogP contribution >= 0.6 is 0 Å². The summed E-state index contributed by atoms with van der Waals surface area (Å²) in [5, 5.41) is 5.49. The van der Waals surface area contributed by atoms with Crippen LogP contribution in [0.3, 0.4) is 0 Å². The van der Waals surface area contributed by atoms with Gasteiger partial charge in [0, 0.05) is 6.54 Å². The summed E-state index contributed by atoms with van der Waals surface area (Å²) >= 11 is 0. The SMILES string of the molecule is CC(C)C12C[C@@H]1[C@@H](C(=O)NC(CC1CC1)C(=O)C(N)=O)N(C(=O)[C@@H](NC(=O)OC(C)(C)C)C(C)(C)C)C2. The summed E-state index contributed by atoms with van der Waals surface area (Å²) < 4.78 is 5.40. The molecule has 37 heavy (non-hydrogen) atoms. The number of ether oxygens (including phenoxy) is 1. The molecule has 0 aromatic rings. The van der Waals surface area contributed by atoms with Crippen LogP contribution in [0.1, 0.15) is 81.1 Å². The molecule has 0 aromatic carbocycles. The summed E-state index contributed by atoms with van der Waals surface area (Å²) in [5.74, 6) is -2.29. The third-order valence-corrected chi connectivity index (χ3v) is 7.98. The van der Waals surface area contributed by atoms with Crippen molar-refractivity contribution in [3.63, 3.8) is 0 Å². The number of hydrogen-bond acceptors (Lipinski definition) is 6. The van der Waals surface area contributed by atoms with Gasteiger partial charge in [-0.15, -0.1) is 0 Å². The zero-order chi connectivity index (χ0) is 28.1. The van der Waals surface area contributed by atoms with Gasteiger partial charge in [0.25, 0.3) is 5.91 Å². The van der Waals surface area contributed by atoms with Gasteiger partial charge in [0.1, 0.15) is 17.7 Å². The molecule has 3 aliphatic rings. The highest BCUT2D eigenvalue weighted by Gasteiger charge is 2.69. The fourth-order valence-electron chi connectivity index (χ4n) is 5.56. The van der Waals surface area contributed by atoms with E-state index in [1.165, 1.54) is 0 Å². The van der Waals surface area contributed by atoms with E-state index in [-0.39, 0.29) is 29.1 Å². The Balaban J connectivity index is 1.87. The van der Waals surface area contributed by atoms with E-state index in [1.807, 2.05) is 20.8 Å². The van der Waals surface area contributed by atoms with Crippen LogP contribution in [-0.4, -0.2) is 64.8 Å². The minimum atomic E-state index is -1.08. The molecule has 208 valence electrons. The van der Waals surface area contributed by atoms with Crippen molar-refractivity contribution in [1.29, 1.82) is 0 Å². The predicted octanol–water partition coefficient (Wildman–Crippen LogP) is 2.14. The molecule has 10 nitrogen and oxygen atoms in total. The van der Waals surface area contributed by atoms with E-state index in [9.17, 15) is 24.0 Å². The summed E-state index contributed by atoms with van der Waals surface area (Å²) in [6.45, 7) is 15.3. The molecule has 4 N–H and O–H groups in total. The third-order valence-electron chi connectivity index (χ3n) is 7.98. The van der Waals surface area contributed by atoms with Gasteiger partial charge in [-0.05, 0) is 62.2 Å². The van der Waals surface area contributed by atoms with Crippen molar-refractivity contribution in [1.82, 2.24) is 15.5 Å². The summed E-state index contributed by atoms with van der Waals surface area (Å²) in [7, 11) is 0. The lowest BCUT2D eigenvalue weighted by atomic mass is 9.85. The van der Waals surface area contributed by atoms with E-state index in [1.54, 1.807) is 25.7 Å². The van der Waals surface area contributed by atoms with Gasteiger partial charge in [0.2, 0.25) is 17.6 Å². The third kappa shape index (κ3) is 6.44. The molecule has 2 unspecified atom stereocenters. The lowest BCUT2D eigenvalue weighted by molar-refractivity contribution is -0.144. The highest BCUT2D eigenvalue weighted by Crippen LogP contribution is 2.65. The predicted molar refractivity (Wildman–Crippen MR) is 137 cm³/mol. The zero-order valence-electron chi connectivity index (χ0n) is 23.5. The Morgan fingerprint density at radius 2 is 1.62 bits per heavy atom. The quantitative estimate of drug-likeness (QED) is 0.397. The number of piperidine rings is 1. The maximum absolute atomic E-state index is 14.0. The number of nitrogens with two attached hydrogens (primary N) is 1. The molecule has 0 radical (unpaired) electrons. The molecular weight excluding hydrogens is 476 g/mol. The number of carbonyl (C=O) groups is 5. The van der Waals surface area contributed by atoms with Gasteiger partial charge in [0.15, 0.2) is 0 Å². The molecular formula is C27H44N4O6. The molecule has 2 saturated carbocycles. The first-order chi connectivity index (χ1) is 16.9. The van der Waals surface area contributed by atoms with Crippen molar-refractivity contribution >= 4 is 29.6 Å². The van der Waals surface area contributed by atoms with E-state index >= 15 is 0 Å². The van der Waals surface area contributed by atoms with Gasteiger partial charge >= 0.3 is 6.09 Å². The molecule has 2 aliphatic carbocycles. The minimum absolute atomic E-state index is 0.0659. The van der Waals surface area contributed by atoms with Gasteiger partial charge in [-0.1, -0.05) is 47.5 Å². The molecule has 0 aromatic heterocycles. The number of amides is 4. The maximum Gasteiger partial charge on any atom is 0.408 e. The summed E-state index contributed by atoms with van der Waals surface area (Å²) in [6.07, 6.45) is 2.33. The van der Waals surface area contributed by atoms with Crippen molar-refractivity contribution in [2.75, 3.05) is 6.54 Å². The van der Waals surface area contributed by atoms with Crippen LogP contribution in [0.25, 0.3) is 0 Å². The van der Waals surface area contributed by atoms with Crippen LogP contribution in [0.5, 0.6) is 0 Å². The molecule has 4 amide bonds. The molecule has 5 atom stereocenters. The van der Waals surface area contributed by atoms with Crippen LogP contribution in [0.2, 0.25) is 0 Å². The van der Waals surface area contributed by atoms with Crippen molar-refractivity contribution in [2.45, 2.75) is 105 Å². The van der Waals surface area contributed by atoms with Gasteiger partial charge in [0.05, 0.1) is 6.04 Å². The lowest BCUT2D eigenvalue weighted by Gasteiger charge is -2.37. The summed E-state index contributed by atoms with van der Waals surface area (Å²) in [5.41, 5.74) is 3.65. The molecule has 0 bridgehead atoms. The van der Waals surface area contributed by atoms with E-state index in [4.69, 9.17) is 10.5 Å².